The van der Waals surface area contributed by atoms with E-state index in [0.29, 0.717) is 0 Å². The van der Waals surface area contributed by atoms with Gasteiger partial charge in [-0.2, -0.15) is 0 Å². The van der Waals surface area contributed by atoms with Gasteiger partial charge in [0.25, 0.3) is 14.4 Å². The highest BCUT2D eigenvalue weighted by Gasteiger charge is 2.51. The van der Waals surface area contributed by atoms with Gasteiger partial charge in [0, 0.05) is 6.54 Å². The molecule has 2 aliphatic rings. The highest BCUT2D eigenvalue weighted by Crippen LogP contribution is 2.57. The number of carbonyl (C=O) groups excluding carboxylic acids is 1. The molecule has 4 nitrogen and oxygen atoms in total. The van der Waals surface area contributed by atoms with Crippen molar-refractivity contribution in [2.45, 2.75) is 18.9 Å². The number of hydrogen-bond acceptors (Lipinski definition) is 3. The van der Waals surface area contributed by atoms with Crippen molar-refractivity contribution in [1.29, 1.82) is 0 Å². The lowest BCUT2D eigenvalue weighted by Crippen LogP contribution is -2.28. The average molecular weight is 312 g/mol. The van der Waals surface area contributed by atoms with Crippen LogP contribution in [0.25, 0.3) is 0 Å². The van der Waals surface area contributed by atoms with Crippen molar-refractivity contribution < 1.29 is 9.32 Å². The summed E-state index contributed by atoms with van der Waals surface area (Å²) in [5.74, 6) is 0.987. The number of para-hydroxylation sites is 2. The molecule has 0 spiro atoms. The van der Waals surface area contributed by atoms with E-state index in [0.717, 1.165) is 30.8 Å². The van der Waals surface area contributed by atoms with E-state index in [-0.39, 0.29) is 11.9 Å². The Balaban J connectivity index is 1.69. The first-order chi connectivity index (χ1) is 10.8. The van der Waals surface area contributed by atoms with E-state index in [1.54, 1.807) is 0 Å². The molecule has 0 bridgehead atoms. The van der Waals surface area contributed by atoms with Gasteiger partial charge in [-0.3, -0.25) is 4.79 Å². The molecule has 2 heterocycles. The standard InChI is InChI=1S/C17H17N2O2P/c20-17-16-12-7-13-18(16)22(21-15-10-5-2-6-11-15)19(17)14-8-3-1-4-9-14/h1-6,8-11,16H,7,12-13H2/t16-,22+/m0/s1. The number of nitrogens with zero attached hydrogens (tertiary/aromatic N) is 2. The van der Waals surface area contributed by atoms with Crippen LogP contribution < -0.4 is 9.19 Å². The van der Waals surface area contributed by atoms with Crippen LogP contribution in [-0.2, 0) is 4.79 Å². The second kappa shape index (κ2) is 5.71. The predicted molar refractivity (Wildman–Crippen MR) is 87.6 cm³/mol. The summed E-state index contributed by atoms with van der Waals surface area (Å²) < 4.78 is 10.3. The molecule has 0 N–H and O–H groups in total. The Bertz CT molecular complexity index is 665. The minimum Gasteiger partial charge on any atom is -0.440 e. The van der Waals surface area contributed by atoms with Crippen molar-refractivity contribution in [2.24, 2.45) is 0 Å². The molecule has 2 fully saturated rings. The molecule has 0 aromatic heterocycles. The zero-order valence-electron chi connectivity index (χ0n) is 12.1. The summed E-state index contributed by atoms with van der Waals surface area (Å²) in [5, 5.41) is 0. The van der Waals surface area contributed by atoms with Crippen LogP contribution in [0, 0.1) is 0 Å². The van der Waals surface area contributed by atoms with Crippen LogP contribution in [0.15, 0.2) is 60.7 Å². The monoisotopic (exact) mass is 312 g/mol. The maximum atomic E-state index is 12.8. The molecule has 2 saturated heterocycles. The maximum Gasteiger partial charge on any atom is 0.286 e. The van der Waals surface area contributed by atoms with Gasteiger partial charge in [0.15, 0.2) is 0 Å². The lowest BCUT2D eigenvalue weighted by atomic mass is 10.2. The van der Waals surface area contributed by atoms with E-state index in [9.17, 15) is 4.79 Å². The first-order valence-corrected chi connectivity index (χ1v) is 8.70. The zero-order valence-corrected chi connectivity index (χ0v) is 13.0. The Kier molecular flexibility index (Phi) is 3.57. The van der Waals surface area contributed by atoms with E-state index in [2.05, 4.69) is 4.67 Å². The number of fused-ring (bicyclic) bond motifs is 1. The quantitative estimate of drug-likeness (QED) is 0.808. The fourth-order valence-corrected chi connectivity index (χ4v) is 5.14. The number of anilines is 1. The molecular weight excluding hydrogens is 295 g/mol. The highest BCUT2D eigenvalue weighted by atomic mass is 31.2. The van der Waals surface area contributed by atoms with Gasteiger partial charge in [0.2, 0.25) is 0 Å². The third-order valence-corrected chi connectivity index (χ3v) is 6.10. The van der Waals surface area contributed by atoms with Gasteiger partial charge in [-0.15, -0.1) is 0 Å². The van der Waals surface area contributed by atoms with Gasteiger partial charge in [-0.25, -0.2) is 9.34 Å². The van der Waals surface area contributed by atoms with Crippen LogP contribution in [0.2, 0.25) is 0 Å². The SMILES string of the molecule is O=C1[C@@H]2CCCN2[P@@](Oc2ccccc2)N1c1ccccc1. The van der Waals surface area contributed by atoms with Crippen molar-refractivity contribution in [3.05, 3.63) is 60.7 Å². The summed E-state index contributed by atoms with van der Waals surface area (Å²) in [5.41, 5.74) is 0.920. The van der Waals surface area contributed by atoms with E-state index < -0.39 is 8.45 Å². The first-order valence-electron chi connectivity index (χ1n) is 7.53. The summed E-state index contributed by atoms with van der Waals surface area (Å²) >= 11 is 0. The summed E-state index contributed by atoms with van der Waals surface area (Å²) in [7, 11) is -1.12. The van der Waals surface area contributed by atoms with Crippen LogP contribution in [0.3, 0.4) is 0 Å². The van der Waals surface area contributed by atoms with Gasteiger partial charge < -0.3 is 4.52 Å². The van der Waals surface area contributed by atoms with E-state index in [1.165, 1.54) is 0 Å². The topological polar surface area (TPSA) is 32.8 Å². The smallest absolute Gasteiger partial charge is 0.286 e. The Labute approximate surface area is 131 Å². The largest absolute Gasteiger partial charge is 0.440 e. The fourth-order valence-electron chi connectivity index (χ4n) is 3.01. The van der Waals surface area contributed by atoms with Crippen LogP contribution in [0.1, 0.15) is 12.8 Å². The maximum absolute atomic E-state index is 12.8. The van der Waals surface area contributed by atoms with Crippen molar-refractivity contribution >= 4 is 20.0 Å². The van der Waals surface area contributed by atoms with Crippen LogP contribution >= 0.6 is 8.45 Å². The second-order valence-corrected chi connectivity index (χ2v) is 7.07. The van der Waals surface area contributed by atoms with E-state index in [4.69, 9.17) is 4.52 Å². The minimum atomic E-state index is -1.12. The fraction of sp³-hybridized carbons (Fsp3) is 0.235. The van der Waals surface area contributed by atoms with E-state index >= 15 is 0 Å². The van der Waals surface area contributed by atoms with Crippen LogP contribution in [0.4, 0.5) is 5.69 Å². The van der Waals surface area contributed by atoms with Crippen molar-refractivity contribution in [2.75, 3.05) is 11.2 Å². The molecule has 4 rings (SSSR count). The van der Waals surface area contributed by atoms with Crippen LogP contribution in [0.5, 0.6) is 5.75 Å². The molecule has 0 unspecified atom stereocenters. The van der Waals surface area contributed by atoms with Crippen LogP contribution in [-0.4, -0.2) is 23.2 Å². The number of amides is 1. The third-order valence-electron chi connectivity index (χ3n) is 4.04. The normalized spacial score (nSPS) is 24.5. The molecule has 2 atom stereocenters. The summed E-state index contributed by atoms with van der Waals surface area (Å²) in [6.07, 6.45) is 2.00. The zero-order chi connectivity index (χ0) is 14.9. The Morgan fingerprint density at radius 1 is 1.00 bits per heavy atom. The molecule has 1 amide bonds. The summed E-state index contributed by atoms with van der Waals surface area (Å²) in [6.45, 7) is 0.929. The van der Waals surface area contributed by atoms with Crippen molar-refractivity contribution in [3.63, 3.8) is 0 Å². The third kappa shape index (κ3) is 2.29. The second-order valence-electron chi connectivity index (χ2n) is 5.46. The van der Waals surface area contributed by atoms with Gasteiger partial charge in [0.05, 0.1) is 11.7 Å². The molecule has 2 aromatic rings. The predicted octanol–water partition coefficient (Wildman–Crippen LogP) is 3.80. The van der Waals surface area contributed by atoms with Gasteiger partial charge in [-0.1, -0.05) is 36.4 Å². The molecule has 22 heavy (non-hydrogen) atoms. The van der Waals surface area contributed by atoms with Gasteiger partial charge >= 0.3 is 0 Å². The number of hydrogen-bond donors (Lipinski definition) is 0. The lowest BCUT2D eigenvalue weighted by Gasteiger charge is -2.27. The molecule has 112 valence electrons. The molecule has 2 aromatic carbocycles. The highest BCUT2D eigenvalue weighted by molar-refractivity contribution is 7.54. The molecule has 5 heteroatoms. The molecule has 0 aliphatic carbocycles. The van der Waals surface area contributed by atoms with Gasteiger partial charge in [-0.05, 0) is 37.1 Å². The molecular formula is C17H17N2O2P. The van der Waals surface area contributed by atoms with Crippen molar-refractivity contribution in [3.8, 4) is 5.75 Å². The number of rotatable bonds is 3. The van der Waals surface area contributed by atoms with E-state index in [1.807, 2.05) is 65.3 Å². The van der Waals surface area contributed by atoms with Gasteiger partial charge in [0.1, 0.15) is 5.75 Å². The average Bonchev–Trinajstić information content (AvgIpc) is 3.13. The number of carbonyl (C=O) groups is 1. The van der Waals surface area contributed by atoms with Crippen molar-refractivity contribution in [1.82, 2.24) is 4.67 Å². The number of benzene rings is 2. The molecule has 0 saturated carbocycles. The Hall–Kier alpha value is -1.90. The molecule has 2 aliphatic heterocycles. The Morgan fingerprint density at radius 2 is 1.68 bits per heavy atom. The summed E-state index contributed by atoms with van der Waals surface area (Å²) in [6, 6.07) is 19.6. The summed E-state index contributed by atoms with van der Waals surface area (Å²) in [4.78, 5) is 12.8. The Morgan fingerprint density at radius 3 is 2.41 bits per heavy atom. The minimum absolute atomic E-state index is 0.0185. The lowest BCUT2D eigenvalue weighted by molar-refractivity contribution is -0.119. The first kappa shape index (κ1) is 13.7. The molecule has 0 radical (unpaired) electrons.